The molecule has 0 radical (unpaired) electrons. The second-order valence-corrected chi connectivity index (χ2v) is 11.1. The van der Waals surface area contributed by atoms with Crippen LogP contribution < -0.4 is 0 Å². The van der Waals surface area contributed by atoms with Crippen LogP contribution in [0.5, 0.6) is 0 Å². The summed E-state index contributed by atoms with van der Waals surface area (Å²) in [4.78, 5) is 36.9. The fourth-order valence-corrected chi connectivity index (χ4v) is 6.96. The van der Waals surface area contributed by atoms with Crippen molar-refractivity contribution in [3.05, 3.63) is 23.3 Å². The molecule has 9 atom stereocenters. The van der Waals surface area contributed by atoms with Crippen LogP contribution in [0.4, 0.5) is 0 Å². The summed E-state index contributed by atoms with van der Waals surface area (Å²) in [5.41, 5.74) is -3.97. The zero-order chi connectivity index (χ0) is 27.5. The predicted octanol–water partition coefficient (Wildman–Crippen LogP) is 0.938. The smallest absolute Gasteiger partial charge is 0.303 e. The first-order chi connectivity index (χ1) is 16.4. The van der Waals surface area contributed by atoms with Crippen molar-refractivity contribution in [2.45, 2.75) is 104 Å². The maximum absolute atomic E-state index is 12.5. The highest BCUT2D eigenvalue weighted by molar-refractivity contribution is 5.68. The molecule has 0 aromatic rings. The topological polar surface area (TPSA) is 160 Å². The Bertz CT molecular complexity index is 993. The number of ether oxygens (including phenoxy) is 3. The summed E-state index contributed by atoms with van der Waals surface area (Å²) >= 11 is 0. The van der Waals surface area contributed by atoms with Gasteiger partial charge in [-0.05, 0) is 43.9 Å². The number of aliphatic hydroxyl groups excluding tert-OH is 3. The van der Waals surface area contributed by atoms with Crippen LogP contribution in [0.3, 0.4) is 0 Å². The number of aliphatic hydroxyl groups is 4. The van der Waals surface area contributed by atoms with Gasteiger partial charge in [0, 0.05) is 33.1 Å². The fourth-order valence-electron chi connectivity index (χ4n) is 6.96. The minimum Gasteiger partial charge on any atom is -0.462 e. The second-order valence-electron chi connectivity index (χ2n) is 11.1. The van der Waals surface area contributed by atoms with Crippen molar-refractivity contribution in [1.29, 1.82) is 0 Å². The molecule has 0 bridgehead atoms. The van der Waals surface area contributed by atoms with Crippen molar-refractivity contribution in [2.75, 3.05) is 0 Å². The molecule has 0 spiro atoms. The molecule has 3 aliphatic carbocycles. The molecule has 9 unspecified atom stereocenters. The van der Waals surface area contributed by atoms with Crippen molar-refractivity contribution in [2.24, 2.45) is 16.7 Å². The molecule has 0 saturated heterocycles. The standard InChI is InChI=1S/C26H38O10/c1-11-16(30)9-18(34-13(3)27)25(8)20(11)22(35-14(4)28)26(24(6,7)33)10-17(31)12(2)19(26)21(32)23(25)36-15(5)29/h16-18,20-23,30-33H,1,9-10H2,2-8H3. The Hall–Kier alpha value is -2.27. The van der Waals surface area contributed by atoms with Crippen molar-refractivity contribution >= 4 is 17.9 Å². The number of esters is 3. The Kier molecular flexibility index (Phi) is 7.26. The van der Waals surface area contributed by atoms with Gasteiger partial charge in [-0.1, -0.05) is 13.5 Å². The predicted molar refractivity (Wildman–Crippen MR) is 126 cm³/mol. The average Bonchev–Trinajstić information content (AvgIpc) is 2.96. The third-order valence-corrected chi connectivity index (χ3v) is 8.52. The molecule has 36 heavy (non-hydrogen) atoms. The molecule has 3 rings (SSSR count). The zero-order valence-electron chi connectivity index (χ0n) is 21.9. The van der Waals surface area contributed by atoms with Crippen LogP contribution in [0.25, 0.3) is 0 Å². The van der Waals surface area contributed by atoms with E-state index in [0.29, 0.717) is 5.57 Å². The van der Waals surface area contributed by atoms with E-state index in [9.17, 15) is 34.8 Å². The van der Waals surface area contributed by atoms with Gasteiger partial charge in [0.15, 0.2) is 0 Å². The van der Waals surface area contributed by atoms with Crippen molar-refractivity contribution in [1.82, 2.24) is 0 Å². The Balaban J connectivity index is 2.50. The monoisotopic (exact) mass is 510 g/mol. The van der Waals surface area contributed by atoms with E-state index in [1.165, 1.54) is 34.6 Å². The highest BCUT2D eigenvalue weighted by Crippen LogP contribution is 2.65. The molecule has 202 valence electrons. The molecule has 2 saturated carbocycles. The lowest BCUT2D eigenvalue weighted by molar-refractivity contribution is -0.214. The average molecular weight is 511 g/mol. The van der Waals surface area contributed by atoms with Gasteiger partial charge in [0.05, 0.1) is 28.6 Å². The Labute approximate surface area is 210 Å². The molecular weight excluding hydrogens is 472 g/mol. The summed E-state index contributed by atoms with van der Waals surface area (Å²) in [5.74, 6) is -3.15. The maximum Gasteiger partial charge on any atom is 0.303 e. The largest absolute Gasteiger partial charge is 0.462 e. The number of hydrogen-bond acceptors (Lipinski definition) is 10. The van der Waals surface area contributed by atoms with E-state index in [4.69, 9.17) is 14.2 Å². The lowest BCUT2D eigenvalue weighted by atomic mass is 9.54. The third kappa shape index (κ3) is 4.08. The molecule has 0 aliphatic heterocycles. The number of hydrogen-bond donors (Lipinski definition) is 4. The highest BCUT2D eigenvalue weighted by atomic mass is 16.6. The first-order valence-corrected chi connectivity index (χ1v) is 12.1. The molecule has 4 N–H and O–H groups in total. The van der Waals surface area contributed by atoms with E-state index in [1.54, 1.807) is 13.8 Å². The van der Waals surface area contributed by atoms with Crippen LogP contribution in [0.2, 0.25) is 0 Å². The van der Waals surface area contributed by atoms with Gasteiger partial charge in [-0.25, -0.2) is 0 Å². The molecule has 10 nitrogen and oxygen atoms in total. The molecule has 10 heteroatoms. The molecule has 0 heterocycles. The van der Waals surface area contributed by atoms with Crippen molar-refractivity contribution < 1.29 is 49.0 Å². The number of fused-ring (bicyclic) bond motifs is 2. The van der Waals surface area contributed by atoms with E-state index in [-0.39, 0.29) is 24.0 Å². The Morgan fingerprint density at radius 1 is 0.944 bits per heavy atom. The molecule has 3 aliphatic rings. The lowest BCUT2D eigenvalue weighted by Gasteiger charge is -2.55. The van der Waals surface area contributed by atoms with Gasteiger partial charge in [-0.2, -0.15) is 0 Å². The quantitative estimate of drug-likeness (QED) is 0.243. The zero-order valence-corrected chi connectivity index (χ0v) is 21.9. The van der Waals surface area contributed by atoms with Gasteiger partial charge < -0.3 is 34.6 Å². The van der Waals surface area contributed by atoms with Gasteiger partial charge in [0.1, 0.15) is 24.4 Å². The molecule has 0 aromatic carbocycles. The lowest BCUT2D eigenvalue weighted by Crippen LogP contribution is -2.63. The molecule has 0 amide bonds. The third-order valence-electron chi connectivity index (χ3n) is 8.52. The van der Waals surface area contributed by atoms with Crippen molar-refractivity contribution in [3.8, 4) is 0 Å². The van der Waals surface area contributed by atoms with Crippen LogP contribution in [-0.2, 0) is 28.6 Å². The normalized spacial score (nSPS) is 40.6. The van der Waals surface area contributed by atoms with Crippen LogP contribution in [0.1, 0.15) is 61.3 Å². The highest BCUT2D eigenvalue weighted by Gasteiger charge is 2.72. The van der Waals surface area contributed by atoms with Crippen molar-refractivity contribution in [3.63, 3.8) is 0 Å². The summed E-state index contributed by atoms with van der Waals surface area (Å²) in [6.07, 6.45) is -7.83. The summed E-state index contributed by atoms with van der Waals surface area (Å²) in [6, 6.07) is 0. The summed E-state index contributed by atoms with van der Waals surface area (Å²) in [7, 11) is 0. The van der Waals surface area contributed by atoms with Gasteiger partial charge in [0.25, 0.3) is 0 Å². The van der Waals surface area contributed by atoms with Crippen LogP contribution in [0, 0.1) is 16.7 Å². The van der Waals surface area contributed by atoms with E-state index in [1.807, 2.05) is 0 Å². The SMILES string of the molecule is C=C1C(O)CC(OC(C)=O)C2(C)C(OC(C)=O)C(O)C3=C(C)C(O)CC3(C(C)(C)O)C(OC(C)=O)C12. The summed E-state index contributed by atoms with van der Waals surface area (Å²) in [6.45, 7) is 13.8. The minimum absolute atomic E-state index is 0.0984. The number of carbonyl (C=O) groups excluding carboxylic acids is 3. The Morgan fingerprint density at radius 2 is 1.44 bits per heavy atom. The van der Waals surface area contributed by atoms with E-state index >= 15 is 0 Å². The summed E-state index contributed by atoms with van der Waals surface area (Å²) < 4.78 is 17.3. The second kappa shape index (κ2) is 9.24. The minimum atomic E-state index is -1.69. The summed E-state index contributed by atoms with van der Waals surface area (Å²) in [5, 5.41) is 45.5. The fraction of sp³-hybridized carbons (Fsp3) is 0.731. The first-order valence-electron chi connectivity index (χ1n) is 12.1. The number of rotatable bonds is 4. The maximum atomic E-state index is 12.5. The van der Waals surface area contributed by atoms with Gasteiger partial charge >= 0.3 is 17.9 Å². The van der Waals surface area contributed by atoms with Gasteiger partial charge in [0.2, 0.25) is 0 Å². The van der Waals surface area contributed by atoms with E-state index in [2.05, 4.69) is 6.58 Å². The van der Waals surface area contributed by atoms with Crippen LogP contribution >= 0.6 is 0 Å². The molecular formula is C26H38O10. The number of carbonyl (C=O) groups is 3. The van der Waals surface area contributed by atoms with E-state index in [0.717, 1.165) is 0 Å². The molecule has 2 fully saturated rings. The van der Waals surface area contributed by atoms with Gasteiger partial charge in [-0.3, -0.25) is 14.4 Å². The first kappa shape index (κ1) is 28.3. The molecule has 0 aromatic heterocycles. The van der Waals surface area contributed by atoms with Crippen LogP contribution in [-0.4, -0.2) is 80.6 Å². The van der Waals surface area contributed by atoms with E-state index < -0.39 is 76.9 Å². The van der Waals surface area contributed by atoms with Crippen LogP contribution in [0.15, 0.2) is 23.3 Å². The van der Waals surface area contributed by atoms with Gasteiger partial charge in [-0.15, -0.1) is 0 Å². The Morgan fingerprint density at radius 3 is 1.92 bits per heavy atom.